The molecule has 0 aliphatic rings. The summed E-state index contributed by atoms with van der Waals surface area (Å²) in [6.07, 6.45) is 0.883. The summed E-state index contributed by atoms with van der Waals surface area (Å²) >= 11 is 6.09. The quantitative estimate of drug-likeness (QED) is 0.832. The third-order valence-corrected chi connectivity index (χ3v) is 3.63. The molecule has 0 aliphatic heterocycles. The minimum Gasteiger partial charge on any atom is -0.396 e. The molecular weight excluding hydrogens is 266 g/mol. The van der Waals surface area contributed by atoms with Gasteiger partial charge in [0.05, 0.1) is 12.1 Å². The predicted molar refractivity (Wildman–Crippen MR) is 75.2 cm³/mol. The fourth-order valence-corrected chi connectivity index (χ4v) is 2.07. The maximum absolute atomic E-state index is 11.9. The summed E-state index contributed by atoms with van der Waals surface area (Å²) in [7, 11) is 1.75. The molecule has 0 aliphatic carbocycles. The Morgan fingerprint density at radius 3 is 2.63 bits per heavy atom. The topological polar surface area (TPSA) is 67.2 Å². The molecule has 5 nitrogen and oxygen atoms in total. The van der Waals surface area contributed by atoms with E-state index < -0.39 is 0 Å². The van der Waals surface area contributed by atoms with Gasteiger partial charge in [-0.1, -0.05) is 25.4 Å². The van der Waals surface area contributed by atoms with E-state index in [0.29, 0.717) is 18.1 Å². The summed E-state index contributed by atoms with van der Waals surface area (Å²) in [6.45, 7) is 6.50. The standard InChI is InChI=1S/C13H22ClN3O2/c1-9-10(12(14)17(4)16-9)7-11(19)15-8-13(2,3)5-6-18/h18H,5-8H2,1-4H3,(H,15,19). The van der Waals surface area contributed by atoms with Crippen LogP contribution in [0.15, 0.2) is 0 Å². The van der Waals surface area contributed by atoms with Crippen LogP contribution in [-0.2, 0) is 18.3 Å². The molecule has 0 saturated carbocycles. The Kier molecular flexibility index (Phi) is 5.38. The fraction of sp³-hybridized carbons (Fsp3) is 0.692. The predicted octanol–water partition coefficient (Wildman–Crippen LogP) is 1.45. The second kappa shape index (κ2) is 6.39. The molecule has 108 valence electrons. The smallest absolute Gasteiger partial charge is 0.224 e. The van der Waals surface area contributed by atoms with Gasteiger partial charge in [-0.05, 0) is 18.8 Å². The number of hydrogen-bond acceptors (Lipinski definition) is 3. The van der Waals surface area contributed by atoms with Crippen molar-refractivity contribution in [3.63, 3.8) is 0 Å². The Bertz CT molecular complexity index is 455. The minimum absolute atomic E-state index is 0.0796. The summed E-state index contributed by atoms with van der Waals surface area (Å²) in [6, 6.07) is 0. The first kappa shape index (κ1) is 16.0. The Hall–Kier alpha value is -1.07. The van der Waals surface area contributed by atoms with Crippen molar-refractivity contribution in [1.82, 2.24) is 15.1 Å². The van der Waals surface area contributed by atoms with Gasteiger partial charge in [-0.3, -0.25) is 9.48 Å². The summed E-state index contributed by atoms with van der Waals surface area (Å²) in [5.41, 5.74) is 1.43. The van der Waals surface area contributed by atoms with Crippen LogP contribution >= 0.6 is 11.6 Å². The van der Waals surface area contributed by atoms with E-state index in [1.165, 1.54) is 0 Å². The number of nitrogens with zero attached hydrogens (tertiary/aromatic N) is 2. The largest absolute Gasteiger partial charge is 0.396 e. The van der Waals surface area contributed by atoms with E-state index in [1.54, 1.807) is 11.7 Å². The van der Waals surface area contributed by atoms with Crippen LogP contribution in [0.25, 0.3) is 0 Å². The Balaban J connectivity index is 2.57. The summed E-state index contributed by atoms with van der Waals surface area (Å²) in [4.78, 5) is 11.9. The highest BCUT2D eigenvalue weighted by Crippen LogP contribution is 2.20. The SMILES string of the molecule is Cc1nn(C)c(Cl)c1CC(=O)NCC(C)(C)CCO. The van der Waals surface area contributed by atoms with Crippen LogP contribution in [0.5, 0.6) is 0 Å². The van der Waals surface area contributed by atoms with Crippen LogP contribution in [0.3, 0.4) is 0 Å². The van der Waals surface area contributed by atoms with Crippen LogP contribution in [0.4, 0.5) is 0 Å². The van der Waals surface area contributed by atoms with Crippen molar-refractivity contribution in [2.24, 2.45) is 12.5 Å². The highest BCUT2D eigenvalue weighted by molar-refractivity contribution is 6.30. The molecule has 1 aromatic heterocycles. The number of nitrogens with one attached hydrogen (secondary N) is 1. The number of aryl methyl sites for hydroxylation is 2. The van der Waals surface area contributed by atoms with Crippen LogP contribution in [-0.4, -0.2) is 33.9 Å². The minimum atomic E-state index is -0.113. The lowest BCUT2D eigenvalue weighted by Crippen LogP contribution is -2.35. The number of aromatic nitrogens is 2. The number of amides is 1. The van der Waals surface area contributed by atoms with Gasteiger partial charge >= 0.3 is 0 Å². The molecule has 0 aromatic carbocycles. The summed E-state index contributed by atoms with van der Waals surface area (Å²) < 4.78 is 1.56. The molecule has 1 heterocycles. The van der Waals surface area contributed by atoms with Gasteiger partial charge in [-0.25, -0.2) is 0 Å². The van der Waals surface area contributed by atoms with E-state index in [1.807, 2.05) is 20.8 Å². The van der Waals surface area contributed by atoms with Crippen molar-refractivity contribution in [2.45, 2.75) is 33.6 Å². The van der Waals surface area contributed by atoms with E-state index in [0.717, 1.165) is 11.3 Å². The molecule has 0 unspecified atom stereocenters. The molecule has 0 spiro atoms. The number of rotatable bonds is 6. The van der Waals surface area contributed by atoms with Gasteiger partial charge in [-0.15, -0.1) is 0 Å². The molecule has 0 radical (unpaired) electrons. The first-order valence-electron chi connectivity index (χ1n) is 6.32. The first-order valence-corrected chi connectivity index (χ1v) is 6.70. The van der Waals surface area contributed by atoms with Crippen molar-refractivity contribution >= 4 is 17.5 Å². The number of aliphatic hydroxyl groups is 1. The molecule has 1 rings (SSSR count). The van der Waals surface area contributed by atoms with Gasteiger partial charge in [-0.2, -0.15) is 5.10 Å². The van der Waals surface area contributed by atoms with Crippen LogP contribution < -0.4 is 5.32 Å². The van der Waals surface area contributed by atoms with Crippen LogP contribution in [0.1, 0.15) is 31.5 Å². The molecule has 0 saturated heterocycles. The second-order valence-corrected chi connectivity index (χ2v) is 5.93. The fourth-order valence-electron chi connectivity index (χ4n) is 1.83. The van der Waals surface area contributed by atoms with Crippen molar-refractivity contribution in [1.29, 1.82) is 0 Å². The monoisotopic (exact) mass is 287 g/mol. The number of halogens is 1. The van der Waals surface area contributed by atoms with Crippen molar-refractivity contribution in [3.05, 3.63) is 16.4 Å². The lowest BCUT2D eigenvalue weighted by atomic mass is 9.90. The number of aliphatic hydroxyl groups excluding tert-OH is 1. The van der Waals surface area contributed by atoms with Crippen LogP contribution in [0.2, 0.25) is 5.15 Å². The van der Waals surface area contributed by atoms with E-state index in [9.17, 15) is 4.79 Å². The molecule has 1 aromatic rings. The van der Waals surface area contributed by atoms with Crippen LogP contribution in [0, 0.1) is 12.3 Å². The van der Waals surface area contributed by atoms with E-state index >= 15 is 0 Å². The van der Waals surface area contributed by atoms with Gasteiger partial charge in [0.1, 0.15) is 5.15 Å². The van der Waals surface area contributed by atoms with E-state index in [-0.39, 0.29) is 24.3 Å². The zero-order valence-electron chi connectivity index (χ0n) is 12.0. The maximum Gasteiger partial charge on any atom is 0.224 e. The third-order valence-electron chi connectivity index (χ3n) is 3.16. The van der Waals surface area contributed by atoms with Gasteiger partial charge in [0.2, 0.25) is 5.91 Å². The molecule has 6 heteroatoms. The maximum atomic E-state index is 11.9. The number of carbonyl (C=O) groups is 1. The lowest BCUT2D eigenvalue weighted by molar-refractivity contribution is -0.120. The number of carbonyl (C=O) groups excluding carboxylic acids is 1. The highest BCUT2D eigenvalue weighted by atomic mass is 35.5. The zero-order valence-corrected chi connectivity index (χ0v) is 12.7. The Morgan fingerprint density at radius 1 is 1.53 bits per heavy atom. The second-order valence-electron chi connectivity index (χ2n) is 5.57. The molecule has 19 heavy (non-hydrogen) atoms. The lowest BCUT2D eigenvalue weighted by Gasteiger charge is -2.23. The molecule has 2 N–H and O–H groups in total. The van der Waals surface area contributed by atoms with E-state index in [4.69, 9.17) is 16.7 Å². The third kappa shape index (κ3) is 4.51. The first-order chi connectivity index (χ1) is 8.76. The van der Waals surface area contributed by atoms with Crippen molar-refractivity contribution in [3.8, 4) is 0 Å². The molecule has 0 fully saturated rings. The van der Waals surface area contributed by atoms with E-state index in [2.05, 4.69) is 10.4 Å². The molecule has 0 bridgehead atoms. The normalized spacial score (nSPS) is 11.7. The Labute approximate surface area is 118 Å². The number of hydrogen-bond donors (Lipinski definition) is 2. The molecule has 1 amide bonds. The molecule has 0 atom stereocenters. The highest BCUT2D eigenvalue weighted by Gasteiger charge is 2.20. The van der Waals surface area contributed by atoms with Gasteiger partial charge in [0.15, 0.2) is 0 Å². The summed E-state index contributed by atoms with van der Waals surface area (Å²) in [5.74, 6) is -0.0796. The Morgan fingerprint density at radius 2 is 2.16 bits per heavy atom. The van der Waals surface area contributed by atoms with Gasteiger partial charge < -0.3 is 10.4 Å². The average Bonchev–Trinajstić information content (AvgIpc) is 2.54. The zero-order chi connectivity index (χ0) is 14.6. The van der Waals surface area contributed by atoms with Gasteiger partial charge in [0.25, 0.3) is 0 Å². The molecular formula is C13H22ClN3O2. The average molecular weight is 288 g/mol. The van der Waals surface area contributed by atoms with Crippen molar-refractivity contribution < 1.29 is 9.90 Å². The summed E-state index contributed by atoms with van der Waals surface area (Å²) in [5, 5.41) is 16.5. The van der Waals surface area contributed by atoms with Gasteiger partial charge in [0, 0.05) is 25.8 Å². The van der Waals surface area contributed by atoms with Crippen molar-refractivity contribution in [2.75, 3.05) is 13.2 Å².